The minimum Gasteiger partial charge on any atom is -0.444 e. The fourth-order valence-electron chi connectivity index (χ4n) is 3.92. The summed E-state index contributed by atoms with van der Waals surface area (Å²) in [6.07, 6.45) is -0.337. The first-order valence-electron chi connectivity index (χ1n) is 11.6. The van der Waals surface area contributed by atoms with E-state index in [0.29, 0.717) is 37.1 Å². The molecule has 32 heavy (non-hydrogen) atoms. The molecule has 0 aliphatic carbocycles. The largest absolute Gasteiger partial charge is 0.444 e. The van der Waals surface area contributed by atoms with Crippen molar-refractivity contribution >= 4 is 16.1 Å². The average Bonchev–Trinajstić information content (AvgIpc) is 3.08. The number of benzene rings is 1. The molecular weight excluding hydrogens is 426 g/mol. The summed E-state index contributed by atoms with van der Waals surface area (Å²) >= 11 is 0. The summed E-state index contributed by atoms with van der Waals surface area (Å²) in [4.78, 5) is 14.8. The van der Waals surface area contributed by atoms with Crippen LogP contribution < -0.4 is 5.32 Å². The number of likely N-dealkylation sites (tertiary alicyclic amines) is 1. The average molecular weight is 468 g/mol. The van der Waals surface area contributed by atoms with Crippen LogP contribution >= 0.6 is 0 Å². The zero-order valence-electron chi connectivity index (χ0n) is 20.7. The Morgan fingerprint density at radius 2 is 1.72 bits per heavy atom. The second-order valence-electron chi connectivity index (χ2n) is 10.5. The zero-order chi connectivity index (χ0) is 24.1. The van der Waals surface area contributed by atoms with Gasteiger partial charge in [-0.05, 0) is 50.7 Å². The van der Waals surface area contributed by atoms with Gasteiger partial charge in [0.2, 0.25) is 10.0 Å². The summed E-state index contributed by atoms with van der Waals surface area (Å²) in [6.45, 7) is 16.3. The van der Waals surface area contributed by atoms with Gasteiger partial charge in [0.1, 0.15) is 5.60 Å². The number of rotatable bonds is 9. The highest BCUT2D eigenvalue weighted by atomic mass is 32.2. The Balaban J connectivity index is 2.26. The predicted octanol–water partition coefficient (Wildman–Crippen LogP) is 3.81. The second-order valence-corrected chi connectivity index (χ2v) is 12.4. The van der Waals surface area contributed by atoms with Gasteiger partial charge in [0.05, 0.1) is 4.90 Å². The molecule has 1 aromatic rings. The number of nitrogens with one attached hydrogen (secondary N) is 1. The molecule has 1 N–H and O–H groups in total. The first kappa shape index (κ1) is 26.6. The van der Waals surface area contributed by atoms with Gasteiger partial charge in [0.15, 0.2) is 0 Å². The SMILES string of the molecule is CC(C)CN(CC1CN(C(=O)OC(C)(C)C)C[C@H]1CNC(C)C)S(=O)(=O)c1ccccc1. The fourth-order valence-corrected chi connectivity index (χ4v) is 5.60. The van der Waals surface area contributed by atoms with E-state index in [1.807, 2.05) is 40.7 Å². The third kappa shape index (κ3) is 7.74. The number of hydrogen-bond acceptors (Lipinski definition) is 5. The van der Waals surface area contributed by atoms with E-state index < -0.39 is 15.6 Å². The summed E-state index contributed by atoms with van der Waals surface area (Å²) in [5.74, 6) is 0.348. The van der Waals surface area contributed by atoms with Crippen molar-refractivity contribution < 1.29 is 17.9 Å². The van der Waals surface area contributed by atoms with Crippen molar-refractivity contribution in [2.75, 3.05) is 32.7 Å². The van der Waals surface area contributed by atoms with Crippen molar-refractivity contribution in [3.05, 3.63) is 30.3 Å². The third-order valence-electron chi connectivity index (χ3n) is 5.40. The number of carbonyl (C=O) groups is 1. The first-order chi connectivity index (χ1) is 14.8. The molecule has 0 aromatic heterocycles. The van der Waals surface area contributed by atoms with Gasteiger partial charge in [0, 0.05) is 38.8 Å². The van der Waals surface area contributed by atoms with Gasteiger partial charge in [0.25, 0.3) is 0 Å². The van der Waals surface area contributed by atoms with Gasteiger partial charge in [-0.2, -0.15) is 4.31 Å². The molecule has 7 nitrogen and oxygen atoms in total. The lowest BCUT2D eigenvalue weighted by Crippen LogP contribution is -2.42. The molecule has 1 aliphatic rings. The number of hydrogen-bond donors (Lipinski definition) is 1. The Morgan fingerprint density at radius 1 is 1.12 bits per heavy atom. The second kappa shape index (κ2) is 11.0. The Kier molecular flexibility index (Phi) is 9.14. The standard InChI is InChI=1S/C24H41N3O4S/c1-18(2)14-27(32(29,30)22-11-9-8-10-12-22)17-21-16-26(23(28)31-24(5,6)7)15-20(21)13-25-19(3)4/h8-12,18-21,25H,13-17H2,1-7H3/t20-,21?/m1/s1. The van der Waals surface area contributed by atoms with Crippen molar-refractivity contribution in [2.24, 2.45) is 17.8 Å². The van der Waals surface area contributed by atoms with Crippen LogP contribution in [-0.4, -0.2) is 68.1 Å². The minimum atomic E-state index is -3.63. The molecule has 8 heteroatoms. The van der Waals surface area contributed by atoms with E-state index in [4.69, 9.17) is 4.74 Å². The summed E-state index contributed by atoms with van der Waals surface area (Å²) < 4.78 is 34.1. The molecule has 2 rings (SSSR count). The Morgan fingerprint density at radius 3 is 2.25 bits per heavy atom. The number of ether oxygens (including phenoxy) is 1. The highest BCUT2D eigenvalue weighted by Crippen LogP contribution is 2.28. The molecule has 1 aliphatic heterocycles. The molecule has 1 amide bonds. The predicted molar refractivity (Wildman–Crippen MR) is 128 cm³/mol. The molecule has 0 saturated carbocycles. The van der Waals surface area contributed by atoms with Crippen LogP contribution in [0.2, 0.25) is 0 Å². The van der Waals surface area contributed by atoms with Gasteiger partial charge in [-0.3, -0.25) is 0 Å². The van der Waals surface area contributed by atoms with Crippen LogP contribution in [0.5, 0.6) is 0 Å². The molecule has 1 saturated heterocycles. The molecule has 1 fully saturated rings. The Hall–Kier alpha value is -1.64. The molecule has 182 valence electrons. The van der Waals surface area contributed by atoms with Gasteiger partial charge in [-0.15, -0.1) is 0 Å². The lowest BCUT2D eigenvalue weighted by atomic mass is 9.95. The van der Waals surface area contributed by atoms with Crippen LogP contribution in [0.25, 0.3) is 0 Å². The van der Waals surface area contributed by atoms with Crippen LogP contribution in [0.1, 0.15) is 48.5 Å². The molecule has 1 unspecified atom stereocenters. The number of carbonyl (C=O) groups excluding carboxylic acids is 1. The molecular formula is C24H41N3O4S. The summed E-state index contributed by atoms with van der Waals surface area (Å²) in [7, 11) is -3.63. The summed E-state index contributed by atoms with van der Waals surface area (Å²) in [6, 6.07) is 8.90. The minimum absolute atomic E-state index is 0.0194. The smallest absolute Gasteiger partial charge is 0.410 e. The zero-order valence-corrected chi connectivity index (χ0v) is 21.5. The topological polar surface area (TPSA) is 79.0 Å². The van der Waals surface area contributed by atoms with Crippen molar-refractivity contribution in [1.82, 2.24) is 14.5 Å². The molecule has 0 radical (unpaired) electrons. The molecule has 2 atom stereocenters. The normalized spacial score (nSPS) is 19.9. The van der Waals surface area contributed by atoms with Crippen molar-refractivity contribution in [3.63, 3.8) is 0 Å². The molecule has 1 aromatic carbocycles. The molecule has 0 spiro atoms. The van der Waals surface area contributed by atoms with E-state index in [1.54, 1.807) is 33.5 Å². The van der Waals surface area contributed by atoms with Crippen LogP contribution in [0, 0.1) is 17.8 Å². The fraction of sp³-hybridized carbons (Fsp3) is 0.708. The van der Waals surface area contributed by atoms with Gasteiger partial charge in [-0.25, -0.2) is 13.2 Å². The van der Waals surface area contributed by atoms with Crippen LogP contribution in [-0.2, 0) is 14.8 Å². The maximum atomic E-state index is 13.4. The lowest BCUT2D eigenvalue weighted by molar-refractivity contribution is 0.0283. The van der Waals surface area contributed by atoms with E-state index >= 15 is 0 Å². The monoisotopic (exact) mass is 467 g/mol. The summed E-state index contributed by atoms with van der Waals surface area (Å²) in [5.41, 5.74) is -0.568. The molecule has 1 heterocycles. The van der Waals surface area contributed by atoms with E-state index in [2.05, 4.69) is 19.2 Å². The van der Waals surface area contributed by atoms with Gasteiger partial charge < -0.3 is 15.0 Å². The van der Waals surface area contributed by atoms with E-state index in [-0.39, 0.29) is 23.8 Å². The van der Waals surface area contributed by atoms with Crippen LogP contribution in [0.4, 0.5) is 4.79 Å². The number of sulfonamides is 1. The van der Waals surface area contributed by atoms with Gasteiger partial charge in [-0.1, -0.05) is 45.9 Å². The lowest BCUT2D eigenvalue weighted by Gasteiger charge is -2.29. The Labute approximate surface area is 194 Å². The third-order valence-corrected chi connectivity index (χ3v) is 7.25. The van der Waals surface area contributed by atoms with E-state index in [1.165, 1.54) is 0 Å². The molecule has 0 bridgehead atoms. The Bertz CT molecular complexity index is 835. The van der Waals surface area contributed by atoms with Crippen molar-refractivity contribution in [2.45, 2.75) is 65.0 Å². The maximum absolute atomic E-state index is 13.4. The summed E-state index contributed by atoms with van der Waals surface area (Å²) in [5, 5.41) is 3.46. The highest BCUT2D eigenvalue weighted by molar-refractivity contribution is 7.89. The maximum Gasteiger partial charge on any atom is 0.410 e. The van der Waals surface area contributed by atoms with E-state index in [9.17, 15) is 13.2 Å². The number of nitrogens with zero attached hydrogens (tertiary/aromatic N) is 2. The quantitative estimate of drug-likeness (QED) is 0.597. The van der Waals surface area contributed by atoms with E-state index in [0.717, 1.165) is 6.54 Å². The first-order valence-corrected chi connectivity index (χ1v) is 13.0. The van der Waals surface area contributed by atoms with Crippen LogP contribution in [0.3, 0.4) is 0 Å². The van der Waals surface area contributed by atoms with Crippen LogP contribution in [0.15, 0.2) is 35.2 Å². The number of amides is 1. The van der Waals surface area contributed by atoms with Crippen molar-refractivity contribution in [1.29, 1.82) is 0 Å². The highest BCUT2D eigenvalue weighted by Gasteiger charge is 2.39. The van der Waals surface area contributed by atoms with Gasteiger partial charge >= 0.3 is 6.09 Å². The van der Waals surface area contributed by atoms with Crippen molar-refractivity contribution in [3.8, 4) is 0 Å².